The van der Waals surface area contributed by atoms with E-state index in [4.69, 9.17) is 5.73 Å². The van der Waals surface area contributed by atoms with Crippen molar-refractivity contribution >= 4 is 5.69 Å². The normalized spacial score (nSPS) is 19.9. The highest BCUT2D eigenvalue weighted by Gasteiger charge is 2.32. The Morgan fingerprint density at radius 1 is 0.895 bits per heavy atom. The minimum absolute atomic E-state index is 0.0967. The highest BCUT2D eigenvalue weighted by atomic mass is 19.2. The summed E-state index contributed by atoms with van der Waals surface area (Å²) in [6.07, 6.45) is 2.00. The van der Waals surface area contributed by atoms with E-state index in [-0.39, 0.29) is 13.1 Å². The second kappa shape index (κ2) is 5.32. The number of hydrogen-bond donors (Lipinski definition) is 1. The van der Waals surface area contributed by atoms with Crippen molar-refractivity contribution in [2.75, 3.05) is 18.0 Å². The van der Waals surface area contributed by atoms with Crippen molar-refractivity contribution in [3.63, 3.8) is 0 Å². The second-order valence-electron chi connectivity index (χ2n) is 4.50. The van der Waals surface area contributed by atoms with Crippen molar-refractivity contribution in [1.29, 1.82) is 0 Å². The van der Waals surface area contributed by atoms with E-state index in [1.54, 1.807) is 0 Å². The Hall–Kier alpha value is -1.37. The van der Waals surface area contributed by atoms with E-state index in [1.807, 2.05) is 0 Å². The average molecular weight is 280 g/mol. The molecule has 19 heavy (non-hydrogen) atoms. The van der Waals surface area contributed by atoms with Gasteiger partial charge in [-0.15, -0.1) is 0 Å². The quantitative estimate of drug-likeness (QED) is 0.513. The summed E-state index contributed by atoms with van der Waals surface area (Å²) in [5.74, 6) is -9.57. The number of nitrogens with two attached hydrogens (primary N) is 1. The van der Waals surface area contributed by atoms with E-state index in [9.17, 15) is 22.0 Å². The maximum absolute atomic E-state index is 13.7. The van der Waals surface area contributed by atoms with Crippen LogP contribution in [0.1, 0.15) is 19.3 Å². The van der Waals surface area contributed by atoms with Crippen molar-refractivity contribution < 1.29 is 22.0 Å². The van der Waals surface area contributed by atoms with Gasteiger partial charge in [-0.3, -0.25) is 0 Å². The van der Waals surface area contributed by atoms with Gasteiger partial charge in [-0.1, -0.05) is 0 Å². The van der Waals surface area contributed by atoms with E-state index in [0.29, 0.717) is 12.8 Å². The van der Waals surface area contributed by atoms with Crippen LogP contribution >= 0.6 is 0 Å². The first-order valence-electron chi connectivity index (χ1n) is 5.97. The molecular weight excluding hydrogens is 267 g/mol. The highest BCUT2D eigenvalue weighted by molar-refractivity contribution is 5.52. The SMILES string of the molecule is NCC1CCCCN1c1c(F)c(F)c(F)c(F)c1F. The molecule has 1 unspecified atom stereocenters. The van der Waals surface area contributed by atoms with E-state index in [0.717, 1.165) is 6.42 Å². The Labute approximate surface area is 107 Å². The van der Waals surface area contributed by atoms with Crippen LogP contribution in [0.25, 0.3) is 0 Å². The van der Waals surface area contributed by atoms with E-state index in [1.165, 1.54) is 4.90 Å². The zero-order valence-electron chi connectivity index (χ0n) is 10.0. The molecule has 1 heterocycles. The minimum atomic E-state index is -2.14. The van der Waals surface area contributed by atoms with Gasteiger partial charge in [0.2, 0.25) is 5.82 Å². The maximum atomic E-state index is 13.7. The van der Waals surface area contributed by atoms with Crippen LogP contribution in [0.5, 0.6) is 0 Å². The van der Waals surface area contributed by atoms with Gasteiger partial charge in [0.15, 0.2) is 23.3 Å². The fraction of sp³-hybridized carbons (Fsp3) is 0.500. The molecular formula is C12H13F5N2. The van der Waals surface area contributed by atoms with Crippen LogP contribution in [0.2, 0.25) is 0 Å². The Kier molecular flexibility index (Phi) is 3.93. The molecule has 2 N–H and O–H groups in total. The molecule has 1 aliphatic heterocycles. The first-order valence-corrected chi connectivity index (χ1v) is 5.97. The summed E-state index contributed by atoms with van der Waals surface area (Å²) in [6.45, 7) is 0.319. The third-order valence-electron chi connectivity index (χ3n) is 3.37. The Balaban J connectivity index is 2.55. The lowest BCUT2D eigenvalue weighted by Crippen LogP contribution is -2.45. The fourth-order valence-corrected chi connectivity index (χ4v) is 2.39. The Morgan fingerprint density at radius 3 is 1.95 bits per heavy atom. The lowest BCUT2D eigenvalue weighted by molar-refractivity contribution is 0.369. The van der Waals surface area contributed by atoms with Gasteiger partial charge in [-0.05, 0) is 19.3 Å². The lowest BCUT2D eigenvalue weighted by atomic mass is 10.0. The standard InChI is InChI=1S/C12H13F5N2/c13-7-8(14)10(16)12(11(17)9(7)15)19-4-2-1-3-6(19)5-18/h6H,1-5,18H2. The molecule has 0 bridgehead atoms. The summed E-state index contributed by atoms with van der Waals surface area (Å²) in [5, 5.41) is 0. The Bertz CT molecular complexity index is 462. The number of nitrogens with zero attached hydrogens (tertiary/aromatic N) is 1. The second-order valence-corrected chi connectivity index (χ2v) is 4.50. The Morgan fingerprint density at radius 2 is 1.42 bits per heavy atom. The molecule has 1 saturated heterocycles. The molecule has 0 radical (unpaired) electrons. The number of piperidine rings is 1. The molecule has 2 nitrogen and oxygen atoms in total. The highest BCUT2D eigenvalue weighted by Crippen LogP contribution is 2.33. The zero-order valence-corrected chi connectivity index (χ0v) is 10.0. The number of benzene rings is 1. The van der Waals surface area contributed by atoms with Crippen LogP contribution in [0.3, 0.4) is 0 Å². The van der Waals surface area contributed by atoms with Crippen molar-refractivity contribution in [3.05, 3.63) is 29.1 Å². The number of halogens is 5. The smallest absolute Gasteiger partial charge is 0.200 e. The van der Waals surface area contributed by atoms with Crippen molar-refractivity contribution in [3.8, 4) is 0 Å². The van der Waals surface area contributed by atoms with E-state index >= 15 is 0 Å². The van der Waals surface area contributed by atoms with Crippen molar-refractivity contribution in [2.45, 2.75) is 25.3 Å². The van der Waals surface area contributed by atoms with Gasteiger partial charge in [0.05, 0.1) is 0 Å². The van der Waals surface area contributed by atoms with Crippen LogP contribution in [0.15, 0.2) is 0 Å². The number of anilines is 1. The van der Waals surface area contributed by atoms with Crippen LogP contribution in [-0.2, 0) is 0 Å². The minimum Gasteiger partial charge on any atom is -0.362 e. The largest absolute Gasteiger partial charge is 0.362 e. The van der Waals surface area contributed by atoms with Gasteiger partial charge in [0.25, 0.3) is 0 Å². The first-order chi connectivity index (χ1) is 8.99. The van der Waals surface area contributed by atoms with Crippen LogP contribution in [0, 0.1) is 29.1 Å². The molecule has 0 aliphatic carbocycles. The molecule has 0 aromatic heterocycles. The summed E-state index contributed by atoms with van der Waals surface area (Å²) >= 11 is 0. The molecule has 7 heteroatoms. The zero-order chi connectivity index (χ0) is 14.2. The molecule has 2 rings (SSSR count). The summed E-state index contributed by atoms with van der Waals surface area (Å²) in [7, 11) is 0. The monoisotopic (exact) mass is 280 g/mol. The molecule has 106 valence electrons. The average Bonchev–Trinajstić information content (AvgIpc) is 2.44. The van der Waals surface area contributed by atoms with Gasteiger partial charge in [0.1, 0.15) is 5.69 Å². The first kappa shape index (κ1) is 14.0. The van der Waals surface area contributed by atoms with Crippen LogP contribution < -0.4 is 10.6 Å². The van der Waals surface area contributed by atoms with Gasteiger partial charge >= 0.3 is 0 Å². The third-order valence-corrected chi connectivity index (χ3v) is 3.37. The van der Waals surface area contributed by atoms with Gasteiger partial charge in [-0.25, -0.2) is 22.0 Å². The number of hydrogen-bond acceptors (Lipinski definition) is 2. The van der Waals surface area contributed by atoms with Gasteiger partial charge in [0, 0.05) is 19.1 Å². The predicted octanol–water partition coefficient (Wildman–Crippen LogP) is 2.70. The predicted molar refractivity (Wildman–Crippen MR) is 60.3 cm³/mol. The molecule has 1 atom stereocenters. The lowest BCUT2D eigenvalue weighted by Gasteiger charge is -2.37. The summed E-state index contributed by atoms with van der Waals surface area (Å²) in [6, 6.07) is -0.415. The number of rotatable bonds is 2. The van der Waals surface area contributed by atoms with Gasteiger partial charge < -0.3 is 10.6 Å². The van der Waals surface area contributed by atoms with E-state index < -0.39 is 40.8 Å². The summed E-state index contributed by atoms with van der Waals surface area (Å²) in [4.78, 5) is 1.18. The van der Waals surface area contributed by atoms with Crippen molar-refractivity contribution in [2.24, 2.45) is 5.73 Å². The molecule has 1 aromatic rings. The molecule has 1 fully saturated rings. The van der Waals surface area contributed by atoms with Crippen molar-refractivity contribution in [1.82, 2.24) is 0 Å². The fourth-order valence-electron chi connectivity index (χ4n) is 2.39. The van der Waals surface area contributed by atoms with E-state index in [2.05, 4.69) is 0 Å². The third kappa shape index (κ3) is 2.27. The maximum Gasteiger partial charge on any atom is 0.200 e. The van der Waals surface area contributed by atoms with Crippen LogP contribution in [-0.4, -0.2) is 19.1 Å². The molecule has 1 aromatic carbocycles. The molecule has 1 aliphatic rings. The van der Waals surface area contributed by atoms with Gasteiger partial charge in [-0.2, -0.15) is 0 Å². The van der Waals surface area contributed by atoms with Crippen LogP contribution in [0.4, 0.5) is 27.6 Å². The topological polar surface area (TPSA) is 29.3 Å². The molecule has 0 saturated carbocycles. The molecule has 0 spiro atoms. The molecule has 0 amide bonds. The summed E-state index contributed by atoms with van der Waals surface area (Å²) in [5.41, 5.74) is 4.62. The summed E-state index contributed by atoms with van der Waals surface area (Å²) < 4.78 is 66.7.